The first kappa shape index (κ1) is 16.3. The number of carbonyl (C=O) groups is 1. The number of nitrogens with one attached hydrogen (secondary N) is 1. The van der Waals surface area contributed by atoms with Crippen LogP contribution in [0.1, 0.15) is 10.4 Å². The number of fused-ring (bicyclic) bond motifs is 1. The molecule has 0 unspecified atom stereocenters. The molecule has 1 aromatic heterocycles. The molecule has 1 amide bonds. The molecule has 128 valence electrons. The highest BCUT2D eigenvalue weighted by Gasteiger charge is 2.18. The van der Waals surface area contributed by atoms with Crippen LogP contribution in [0, 0.1) is 0 Å². The van der Waals surface area contributed by atoms with Crippen molar-refractivity contribution in [3.05, 3.63) is 78.4 Å². The van der Waals surface area contributed by atoms with E-state index in [1.165, 1.54) is 0 Å². The van der Waals surface area contributed by atoms with Crippen molar-refractivity contribution in [3.63, 3.8) is 0 Å². The van der Waals surface area contributed by atoms with E-state index in [1.807, 2.05) is 60.7 Å². The average Bonchev–Trinajstić information content (AvgIpc) is 3.12. The van der Waals surface area contributed by atoms with Crippen molar-refractivity contribution in [2.45, 2.75) is 0 Å². The second-order valence-corrected chi connectivity index (χ2v) is 6.72. The van der Waals surface area contributed by atoms with Gasteiger partial charge in [0.2, 0.25) is 0 Å². The van der Waals surface area contributed by atoms with Crippen LogP contribution in [-0.4, -0.2) is 18.0 Å². The van der Waals surface area contributed by atoms with Crippen LogP contribution in [0.5, 0.6) is 5.75 Å². The normalized spacial score (nSPS) is 10.7. The second-order valence-electron chi connectivity index (χ2n) is 5.69. The molecule has 26 heavy (non-hydrogen) atoms. The summed E-state index contributed by atoms with van der Waals surface area (Å²) >= 11 is 1.57. The molecule has 0 radical (unpaired) electrons. The minimum absolute atomic E-state index is 0.166. The minimum atomic E-state index is -0.166. The van der Waals surface area contributed by atoms with Crippen LogP contribution in [0.2, 0.25) is 0 Å². The highest BCUT2D eigenvalue weighted by molar-refractivity contribution is 7.21. The van der Waals surface area contributed by atoms with Crippen molar-refractivity contribution in [2.24, 2.45) is 0 Å². The summed E-state index contributed by atoms with van der Waals surface area (Å²) in [7, 11) is 1.62. The largest absolute Gasteiger partial charge is 0.496 e. The Morgan fingerprint density at radius 1 is 0.962 bits per heavy atom. The van der Waals surface area contributed by atoms with Gasteiger partial charge in [-0.3, -0.25) is 4.79 Å². The molecule has 1 heterocycles. The lowest BCUT2D eigenvalue weighted by molar-refractivity contribution is 0.102. The number of hydrogen-bond donors (Lipinski definition) is 1. The number of methoxy groups -OCH3 is 1. The highest BCUT2D eigenvalue weighted by atomic mass is 32.1. The summed E-state index contributed by atoms with van der Waals surface area (Å²) in [6, 6.07) is 22.7. The molecule has 0 saturated heterocycles. The van der Waals surface area contributed by atoms with Gasteiger partial charge in [-0.15, -0.1) is 11.3 Å². The van der Waals surface area contributed by atoms with Crippen LogP contribution in [-0.2, 0) is 0 Å². The fourth-order valence-electron chi connectivity index (χ4n) is 2.79. The summed E-state index contributed by atoms with van der Waals surface area (Å²) in [4.78, 5) is 17.3. The Bertz CT molecular complexity index is 1040. The number of nitrogens with zero attached hydrogens (tertiary/aromatic N) is 1. The van der Waals surface area contributed by atoms with E-state index in [2.05, 4.69) is 5.32 Å². The summed E-state index contributed by atoms with van der Waals surface area (Å²) in [6.07, 6.45) is 0. The van der Waals surface area contributed by atoms with Crippen LogP contribution in [0.15, 0.2) is 72.8 Å². The van der Waals surface area contributed by atoms with E-state index in [0.717, 1.165) is 20.8 Å². The summed E-state index contributed by atoms with van der Waals surface area (Å²) in [5, 5.41) is 3.80. The van der Waals surface area contributed by atoms with E-state index < -0.39 is 0 Å². The van der Waals surface area contributed by atoms with Gasteiger partial charge in [0.1, 0.15) is 10.8 Å². The average molecular weight is 360 g/mol. The van der Waals surface area contributed by atoms with E-state index in [9.17, 15) is 4.79 Å². The van der Waals surface area contributed by atoms with Crippen LogP contribution in [0.25, 0.3) is 20.8 Å². The third kappa shape index (κ3) is 3.05. The Hall–Kier alpha value is -3.18. The lowest BCUT2D eigenvalue weighted by Gasteiger charge is -2.13. The van der Waals surface area contributed by atoms with Gasteiger partial charge in [0.25, 0.3) is 5.91 Å². The van der Waals surface area contributed by atoms with Crippen LogP contribution in [0.4, 0.5) is 5.69 Å². The number of aromatic nitrogens is 1. The van der Waals surface area contributed by atoms with E-state index in [-0.39, 0.29) is 5.91 Å². The van der Waals surface area contributed by atoms with Crippen molar-refractivity contribution in [1.82, 2.24) is 4.98 Å². The quantitative estimate of drug-likeness (QED) is 0.542. The Kier molecular flexibility index (Phi) is 4.37. The molecule has 4 rings (SSSR count). The molecule has 5 heteroatoms. The number of hydrogen-bond acceptors (Lipinski definition) is 4. The van der Waals surface area contributed by atoms with Crippen molar-refractivity contribution in [3.8, 4) is 16.3 Å². The topological polar surface area (TPSA) is 51.2 Å². The van der Waals surface area contributed by atoms with Gasteiger partial charge in [-0.05, 0) is 36.4 Å². The number of carbonyl (C=O) groups excluding carboxylic acids is 1. The van der Waals surface area contributed by atoms with Crippen molar-refractivity contribution >= 4 is 33.1 Å². The van der Waals surface area contributed by atoms with Crippen LogP contribution in [0.3, 0.4) is 0 Å². The fraction of sp³-hybridized carbons (Fsp3) is 0.0476. The first-order valence-electron chi connectivity index (χ1n) is 8.15. The maximum atomic E-state index is 12.6. The summed E-state index contributed by atoms with van der Waals surface area (Å²) in [6.45, 7) is 0. The first-order valence-corrected chi connectivity index (χ1v) is 8.97. The zero-order valence-corrected chi connectivity index (χ0v) is 14.9. The minimum Gasteiger partial charge on any atom is -0.496 e. The van der Waals surface area contributed by atoms with Gasteiger partial charge in [0, 0.05) is 5.56 Å². The number of benzene rings is 3. The summed E-state index contributed by atoms with van der Waals surface area (Å²) in [5.41, 5.74) is 3.00. The Balaban J connectivity index is 1.79. The number of rotatable bonds is 4. The molecule has 0 saturated carbocycles. The summed E-state index contributed by atoms with van der Waals surface area (Å²) in [5.74, 6) is 0.510. The smallest absolute Gasteiger partial charge is 0.255 e. The molecule has 0 aliphatic rings. The van der Waals surface area contributed by atoms with E-state index in [4.69, 9.17) is 9.72 Å². The number of para-hydroxylation sites is 1. The molecule has 3 aromatic carbocycles. The standard InChI is InChI=1S/C21H16N2O2S/c1-25-17-12-7-11-16(22-20(24)14-8-3-2-4-9-14)19(17)21-23-15-10-5-6-13-18(15)26-21/h2-13H,1H3,(H,22,24). The molecule has 0 bridgehead atoms. The lowest BCUT2D eigenvalue weighted by atomic mass is 10.1. The van der Waals surface area contributed by atoms with Gasteiger partial charge in [-0.25, -0.2) is 4.98 Å². The fourth-order valence-corrected chi connectivity index (χ4v) is 3.82. The van der Waals surface area contributed by atoms with Gasteiger partial charge in [-0.1, -0.05) is 36.4 Å². The molecular weight excluding hydrogens is 344 g/mol. The molecule has 0 spiro atoms. The molecule has 4 aromatic rings. The zero-order chi connectivity index (χ0) is 17.9. The Labute approximate surface area is 155 Å². The first-order chi connectivity index (χ1) is 12.8. The van der Waals surface area contributed by atoms with Crippen molar-refractivity contribution < 1.29 is 9.53 Å². The van der Waals surface area contributed by atoms with E-state index in [0.29, 0.717) is 17.0 Å². The Morgan fingerprint density at radius 2 is 1.73 bits per heavy atom. The molecule has 0 atom stereocenters. The maximum Gasteiger partial charge on any atom is 0.255 e. The summed E-state index contributed by atoms with van der Waals surface area (Å²) < 4.78 is 6.63. The molecule has 0 fully saturated rings. The van der Waals surface area contributed by atoms with Gasteiger partial charge >= 0.3 is 0 Å². The lowest BCUT2D eigenvalue weighted by Crippen LogP contribution is -2.12. The second kappa shape index (κ2) is 6.98. The van der Waals surface area contributed by atoms with E-state index >= 15 is 0 Å². The number of ether oxygens (including phenoxy) is 1. The highest BCUT2D eigenvalue weighted by Crippen LogP contribution is 2.40. The monoisotopic (exact) mass is 360 g/mol. The third-order valence-electron chi connectivity index (χ3n) is 4.04. The van der Waals surface area contributed by atoms with Gasteiger partial charge < -0.3 is 10.1 Å². The number of thiazole rings is 1. The van der Waals surface area contributed by atoms with Gasteiger partial charge in [0.05, 0.1) is 28.6 Å². The molecule has 0 aliphatic heterocycles. The number of anilines is 1. The molecule has 0 aliphatic carbocycles. The maximum absolute atomic E-state index is 12.6. The van der Waals surface area contributed by atoms with Crippen molar-refractivity contribution in [1.29, 1.82) is 0 Å². The number of amides is 1. The third-order valence-corrected chi connectivity index (χ3v) is 5.09. The van der Waals surface area contributed by atoms with Crippen molar-refractivity contribution in [2.75, 3.05) is 12.4 Å². The predicted octanol–water partition coefficient (Wildman–Crippen LogP) is 5.22. The zero-order valence-electron chi connectivity index (χ0n) is 14.1. The van der Waals surface area contributed by atoms with Crippen LogP contribution < -0.4 is 10.1 Å². The van der Waals surface area contributed by atoms with Crippen LogP contribution >= 0.6 is 11.3 Å². The Morgan fingerprint density at radius 3 is 2.50 bits per heavy atom. The molecule has 1 N–H and O–H groups in total. The molecule has 4 nitrogen and oxygen atoms in total. The van der Waals surface area contributed by atoms with Gasteiger partial charge in [0.15, 0.2) is 0 Å². The predicted molar refractivity (Wildman–Crippen MR) is 106 cm³/mol. The van der Waals surface area contributed by atoms with E-state index in [1.54, 1.807) is 30.6 Å². The molecular formula is C21H16N2O2S. The SMILES string of the molecule is COc1cccc(NC(=O)c2ccccc2)c1-c1nc2ccccc2s1. The van der Waals surface area contributed by atoms with Gasteiger partial charge in [-0.2, -0.15) is 0 Å².